The fraction of sp³-hybridized carbons (Fsp3) is 0.889. The topological polar surface area (TPSA) is 77.8 Å². The summed E-state index contributed by atoms with van der Waals surface area (Å²) < 4.78 is 0. The summed E-state index contributed by atoms with van der Waals surface area (Å²) in [6.45, 7) is 11.2. The Bertz CT molecular complexity index is 731. The van der Waals surface area contributed by atoms with Gasteiger partial charge in [0.1, 0.15) is 11.4 Å². The number of carbonyl (C=O) groups excluding carboxylic acids is 1. The first-order valence-electron chi connectivity index (χ1n) is 12.7. The van der Waals surface area contributed by atoms with Crippen LogP contribution in [0.1, 0.15) is 86.0 Å². The molecule has 0 aromatic heterocycles. The molecule has 0 aliphatic heterocycles. The van der Waals surface area contributed by atoms with Gasteiger partial charge in [0.15, 0.2) is 0 Å². The molecule has 4 nitrogen and oxygen atoms in total. The van der Waals surface area contributed by atoms with Crippen LogP contribution in [0.15, 0.2) is 12.2 Å². The van der Waals surface area contributed by atoms with Crippen molar-refractivity contribution in [3.8, 4) is 0 Å². The Morgan fingerprint density at radius 2 is 1.81 bits per heavy atom. The van der Waals surface area contributed by atoms with Gasteiger partial charge in [-0.2, -0.15) is 0 Å². The number of aliphatic hydroxyl groups is 3. The van der Waals surface area contributed by atoms with Crippen LogP contribution < -0.4 is 0 Å². The summed E-state index contributed by atoms with van der Waals surface area (Å²) in [4.78, 5) is 13.2. The van der Waals surface area contributed by atoms with E-state index < -0.39 is 23.2 Å². The molecule has 0 aromatic carbocycles. The molecular formula is C27H44O4. The first-order chi connectivity index (χ1) is 14.4. The molecule has 4 aliphatic rings. The number of rotatable bonds is 4. The lowest BCUT2D eigenvalue weighted by molar-refractivity contribution is -0.251. The number of allylic oxidation sites excluding steroid dienone is 2. The molecule has 0 unspecified atom stereocenters. The van der Waals surface area contributed by atoms with Gasteiger partial charge in [-0.15, -0.1) is 0 Å². The number of hydrogen-bond donors (Lipinski definition) is 3. The summed E-state index contributed by atoms with van der Waals surface area (Å²) >= 11 is 0. The Labute approximate surface area is 188 Å². The Kier molecular flexibility index (Phi) is 6.02. The van der Waals surface area contributed by atoms with Crippen LogP contribution in [-0.4, -0.2) is 38.9 Å². The molecule has 31 heavy (non-hydrogen) atoms. The summed E-state index contributed by atoms with van der Waals surface area (Å²) in [6, 6.07) is 0. The maximum absolute atomic E-state index is 13.2. The molecule has 3 N–H and O–H groups in total. The van der Waals surface area contributed by atoms with Crippen molar-refractivity contribution in [2.24, 2.45) is 46.3 Å². The van der Waals surface area contributed by atoms with Gasteiger partial charge < -0.3 is 15.3 Å². The molecule has 0 saturated heterocycles. The molecule has 4 rings (SSSR count). The van der Waals surface area contributed by atoms with Crippen LogP contribution in [-0.2, 0) is 4.79 Å². The van der Waals surface area contributed by atoms with Gasteiger partial charge in [-0.05, 0) is 86.4 Å². The van der Waals surface area contributed by atoms with E-state index in [1.165, 1.54) is 6.42 Å². The molecule has 0 radical (unpaired) electrons. The number of carbonyl (C=O) groups is 1. The van der Waals surface area contributed by atoms with Gasteiger partial charge in [-0.25, -0.2) is 0 Å². The summed E-state index contributed by atoms with van der Waals surface area (Å²) in [5.74, 6) is 2.67. The van der Waals surface area contributed by atoms with E-state index in [-0.39, 0.29) is 35.9 Å². The fourth-order valence-electron chi connectivity index (χ4n) is 8.71. The van der Waals surface area contributed by atoms with Gasteiger partial charge in [-0.3, -0.25) is 4.79 Å². The zero-order chi connectivity index (χ0) is 22.8. The SMILES string of the molecule is CC(C)C/C=C/[C@@H](C)[C@H]1CC[C@H]2[C@@H]3C[C@@H](O)[C@@]4(O)C[C@@H](O)CC(=O)[C@]4(C)[C@H]3CC[C@]12C. The van der Waals surface area contributed by atoms with Gasteiger partial charge in [-0.1, -0.05) is 39.8 Å². The highest BCUT2D eigenvalue weighted by atomic mass is 16.3. The highest BCUT2D eigenvalue weighted by molar-refractivity contribution is 5.88. The van der Waals surface area contributed by atoms with Gasteiger partial charge in [0, 0.05) is 12.8 Å². The minimum atomic E-state index is -1.50. The molecule has 4 saturated carbocycles. The molecule has 0 aromatic rings. The van der Waals surface area contributed by atoms with Crippen molar-refractivity contribution in [2.75, 3.05) is 0 Å². The zero-order valence-electron chi connectivity index (χ0n) is 20.2. The van der Waals surface area contributed by atoms with Crippen LogP contribution in [0, 0.1) is 46.3 Å². The maximum atomic E-state index is 13.2. The Morgan fingerprint density at radius 1 is 1.10 bits per heavy atom. The molecule has 4 heteroatoms. The first-order valence-corrected chi connectivity index (χ1v) is 12.7. The van der Waals surface area contributed by atoms with Crippen molar-refractivity contribution < 1.29 is 20.1 Å². The van der Waals surface area contributed by atoms with Crippen molar-refractivity contribution >= 4 is 5.78 Å². The van der Waals surface area contributed by atoms with Crippen molar-refractivity contribution in [3.05, 3.63) is 12.2 Å². The second kappa shape index (κ2) is 7.95. The average Bonchev–Trinajstić information content (AvgIpc) is 3.02. The number of ketones is 1. The van der Waals surface area contributed by atoms with Crippen LogP contribution in [0.5, 0.6) is 0 Å². The molecule has 176 valence electrons. The quantitative estimate of drug-likeness (QED) is 0.571. The van der Waals surface area contributed by atoms with E-state index in [9.17, 15) is 20.1 Å². The summed E-state index contributed by atoms with van der Waals surface area (Å²) in [6.07, 6.45) is 9.28. The fourth-order valence-corrected chi connectivity index (χ4v) is 8.71. The molecule has 0 spiro atoms. The van der Waals surface area contributed by atoms with Crippen LogP contribution in [0.25, 0.3) is 0 Å². The van der Waals surface area contributed by atoms with E-state index in [0.29, 0.717) is 30.1 Å². The van der Waals surface area contributed by atoms with Gasteiger partial charge in [0.05, 0.1) is 17.6 Å². The monoisotopic (exact) mass is 432 g/mol. The van der Waals surface area contributed by atoms with E-state index in [1.54, 1.807) is 0 Å². The van der Waals surface area contributed by atoms with Gasteiger partial charge in [0.2, 0.25) is 0 Å². The number of hydrogen-bond acceptors (Lipinski definition) is 4. The van der Waals surface area contributed by atoms with Crippen LogP contribution in [0.2, 0.25) is 0 Å². The van der Waals surface area contributed by atoms with Crippen molar-refractivity contribution in [3.63, 3.8) is 0 Å². The zero-order valence-corrected chi connectivity index (χ0v) is 20.2. The van der Waals surface area contributed by atoms with E-state index in [0.717, 1.165) is 25.7 Å². The molecule has 4 fully saturated rings. The van der Waals surface area contributed by atoms with Crippen LogP contribution in [0.4, 0.5) is 0 Å². The van der Waals surface area contributed by atoms with Crippen LogP contribution >= 0.6 is 0 Å². The van der Waals surface area contributed by atoms with E-state index in [4.69, 9.17) is 0 Å². The number of fused-ring (bicyclic) bond motifs is 5. The van der Waals surface area contributed by atoms with Crippen molar-refractivity contribution in [1.82, 2.24) is 0 Å². The molecule has 0 bridgehead atoms. The summed E-state index contributed by atoms with van der Waals surface area (Å²) in [5.41, 5.74) is -2.22. The first kappa shape index (κ1) is 23.4. The summed E-state index contributed by atoms with van der Waals surface area (Å²) in [7, 11) is 0. The number of aliphatic hydroxyl groups excluding tert-OH is 2. The Hall–Kier alpha value is -0.710. The third-order valence-corrected chi connectivity index (χ3v) is 10.4. The lowest BCUT2D eigenvalue weighted by Crippen LogP contribution is -2.71. The number of Topliss-reactive ketones (excluding diaryl/α,β-unsaturated/α-hetero) is 1. The minimum absolute atomic E-state index is 0.0503. The predicted molar refractivity (Wildman–Crippen MR) is 122 cm³/mol. The van der Waals surface area contributed by atoms with Crippen molar-refractivity contribution in [2.45, 2.75) is 104 Å². The Morgan fingerprint density at radius 3 is 2.48 bits per heavy atom. The standard InChI is InChI=1S/C27H44O4/c1-16(2)7-6-8-17(3)20-9-10-21-19-14-24(30)27(31)15-18(28)13-23(29)26(27,5)22(19)11-12-25(20,21)4/h6,8,16-22,24,28,30-31H,7,9-15H2,1-5H3/b8-6+/t17-,18+,19+,20-,21+,22+,24-,25-,26+,27+/m1/s1. The second-order valence-electron chi connectivity index (χ2n) is 12.4. The molecule has 0 heterocycles. The highest BCUT2D eigenvalue weighted by Gasteiger charge is 2.70. The second-order valence-corrected chi connectivity index (χ2v) is 12.4. The van der Waals surface area contributed by atoms with Crippen molar-refractivity contribution in [1.29, 1.82) is 0 Å². The molecule has 4 aliphatic carbocycles. The third kappa shape index (κ3) is 3.38. The van der Waals surface area contributed by atoms with Crippen LogP contribution in [0.3, 0.4) is 0 Å². The van der Waals surface area contributed by atoms with Gasteiger partial charge >= 0.3 is 0 Å². The smallest absolute Gasteiger partial charge is 0.144 e. The predicted octanol–water partition coefficient (Wildman–Crippen LogP) is 4.51. The molecule has 0 amide bonds. The third-order valence-electron chi connectivity index (χ3n) is 10.4. The molecule has 10 atom stereocenters. The summed E-state index contributed by atoms with van der Waals surface area (Å²) in [5, 5.41) is 32.9. The normalized spacial score (nSPS) is 50.9. The molecular weight excluding hydrogens is 388 g/mol. The largest absolute Gasteiger partial charge is 0.393 e. The lowest BCUT2D eigenvalue weighted by Gasteiger charge is -2.64. The maximum Gasteiger partial charge on any atom is 0.144 e. The van der Waals surface area contributed by atoms with E-state index in [1.807, 2.05) is 6.92 Å². The minimum Gasteiger partial charge on any atom is -0.393 e. The Balaban J connectivity index is 1.60. The van der Waals surface area contributed by atoms with E-state index in [2.05, 4.69) is 39.8 Å². The average molecular weight is 433 g/mol. The van der Waals surface area contributed by atoms with E-state index >= 15 is 0 Å². The lowest BCUT2D eigenvalue weighted by atomic mass is 9.42. The highest BCUT2D eigenvalue weighted by Crippen LogP contribution is 2.68. The van der Waals surface area contributed by atoms with Gasteiger partial charge in [0.25, 0.3) is 0 Å².